The molecule has 1 aliphatic heterocycles. The summed E-state index contributed by atoms with van der Waals surface area (Å²) < 4.78 is 32.5. The zero-order chi connectivity index (χ0) is 22.2. The largest absolute Gasteiger partial charge is 0.394 e. The first-order valence-electron chi connectivity index (χ1n) is 10.1. The molecular formula is C22H25F2N3O4. The standard InChI is InChI=1S/C22H25F2N3O4/c23-14-5-7-15(8-6-14)26-22(30)27-19-10-9-16(31-20(19)13-28)11-12-25-21(29)17-3-1-2-4-18(17)24/h1-8,16,19-20,28H,9-13H2,(H,25,29)(H2,26,27,30)/t16-,19+,20+/m1/s1. The first-order valence-corrected chi connectivity index (χ1v) is 10.1. The maximum Gasteiger partial charge on any atom is 0.319 e. The minimum atomic E-state index is -0.597. The van der Waals surface area contributed by atoms with E-state index < -0.39 is 35.7 Å². The Labute approximate surface area is 178 Å². The number of rotatable bonds is 7. The molecule has 0 aliphatic carbocycles. The second-order valence-electron chi connectivity index (χ2n) is 7.29. The lowest BCUT2D eigenvalue weighted by molar-refractivity contribution is -0.0886. The van der Waals surface area contributed by atoms with E-state index in [0.717, 1.165) is 0 Å². The number of aliphatic hydroxyl groups is 1. The van der Waals surface area contributed by atoms with Crippen molar-refractivity contribution in [2.75, 3.05) is 18.5 Å². The van der Waals surface area contributed by atoms with Gasteiger partial charge >= 0.3 is 6.03 Å². The Bertz CT molecular complexity index is 895. The van der Waals surface area contributed by atoms with Crippen LogP contribution < -0.4 is 16.0 Å². The van der Waals surface area contributed by atoms with Crippen LogP contribution in [-0.4, -0.2) is 48.4 Å². The fourth-order valence-electron chi connectivity index (χ4n) is 3.47. The number of carbonyl (C=O) groups is 2. The van der Waals surface area contributed by atoms with Crippen molar-refractivity contribution < 1.29 is 28.2 Å². The number of hydrogen-bond donors (Lipinski definition) is 4. The van der Waals surface area contributed by atoms with Crippen molar-refractivity contribution in [2.24, 2.45) is 0 Å². The minimum Gasteiger partial charge on any atom is -0.394 e. The van der Waals surface area contributed by atoms with Crippen molar-refractivity contribution in [1.82, 2.24) is 10.6 Å². The molecule has 3 rings (SSSR count). The van der Waals surface area contributed by atoms with Gasteiger partial charge in [-0.1, -0.05) is 12.1 Å². The maximum absolute atomic E-state index is 13.7. The third-order valence-electron chi connectivity index (χ3n) is 5.08. The van der Waals surface area contributed by atoms with Crippen molar-refractivity contribution in [1.29, 1.82) is 0 Å². The van der Waals surface area contributed by atoms with Gasteiger partial charge < -0.3 is 25.8 Å². The lowest BCUT2D eigenvalue weighted by Gasteiger charge is -2.36. The van der Waals surface area contributed by atoms with Crippen LogP contribution in [0.15, 0.2) is 48.5 Å². The van der Waals surface area contributed by atoms with Crippen molar-refractivity contribution in [3.63, 3.8) is 0 Å². The van der Waals surface area contributed by atoms with E-state index in [4.69, 9.17) is 4.74 Å². The van der Waals surface area contributed by atoms with E-state index in [1.165, 1.54) is 42.5 Å². The van der Waals surface area contributed by atoms with E-state index in [9.17, 15) is 23.5 Å². The van der Waals surface area contributed by atoms with Gasteiger partial charge in [0.1, 0.15) is 17.7 Å². The molecule has 31 heavy (non-hydrogen) atoms. The smallest absolute Gasteiger partial charge is 0.319 e. The number of aliphatic hydroxyl groups excluding tert-OH is 1. The zero-order valence-corrected chi connectivity index (χ0v) is 16.8. The number of halogens is 2. The van der Waals surface area contributed by atoms with Crippen LogP contribution in [0.25, 0.3) is 0 Å². The van der Waals surface area contributed by atoms with Gasteiger partial charge in [-0.05, 0) is 55.7 Å². The fraction of sp³-hybridized carbons (Fsp3) is 0.364. The number of ether oxygens (including phenoxy) is 1. The summed E-state index contributed by atoms with van der Waals surface area (Å²) in [4.78, 5) is 24.2. The van der Waals surface area contributed by atoms with Gasteiger partial charge in [-0.15, -0.1) is 0 Å². The monoisotopic (exact) mass is 433 g/mol. The Balaban J connectivity index is 1.43. The van der Waals surface area contributed by atoms with Crippen LogP contribution in [-0.2, 0) is 4.74 Å². The van der Waals surface area contributed by atoms with Gasteiger partial charge in [0.05, 0.1) is 24.3 Å². The zero-order valence-electron chi connectivity index (χ0n) is 16.8. The Hall–Kier alpha value is -3.04. The molecule has 1 saturated heterocycles. The highest BCUT2D eigenvalue weighted by Crippen LogP contribution is 2.22. The molecule has 3 amide bonds. The highest BCUT2D eigenvalue weighted by atomic mass is 19.1. The van der Waals surface area contributed by atoms with Crippen LogP contribution in [0.3, 0.4) is 0 Å². The fourth-order valence-corrected chi connectivity index (χ4v) is 3.47. The van der Waals surface area contributed by atoms with E-state index in [1.807, 2.05) is 0 Å². The van der Waals surface area contributed by atoms with E-state index in [2.05, 4.69) is 16.0 Å². The normalized spacial score (nSPS) is 20.7. The van der Waals surface area contributed by atoms with Gasteiger partial charge in [-0.3, -0.25) is 4.79 Å². The maximum atomic E-state index is 13.7. The second-order valence-corrected chi connectivity index (χ2v) is 7.29. The summed E-state index contributed by atoms with van der Waals surface area (Å²) in [7, 11) is 0. The van der Waals surface area contributed by atoms with Crippen molar-refractivity contribution in [3.8, 4) is 0 Å². The molecule has 0 aromatic heterocycles. The SMILES string of the molecule is O=C(Nc1ccc(F)cc1)N[C@H]1CC[C@H](CCNC(=O)c2ccccc2F)O[C@H]1CO. The van der Waals surface area contributed by atoms with Gasteiger partial charge in [0.25, 0.3) is 5.91 Å². The molecule has 0 saturated carbocycles. The lowest BCUT2D eigenvalue weighted by atomic mass is 9.97. The number of amides is 3. The van der Waals surface area contributed by atoms with Crippen LogP contribution in [0.2, 0.25) is 0 Å². The summed E-state index contributed by atoms with van der Waals surface area (Å²) >= 11 is 0. The van der Waals surface area contributed by atoms with E-state index in [0.29, 0.717) is 31.5 Å². The summed E-state index contributed by atoms with van der Waals surface area (Å²) in [6, 6.07) is 10.2. The summed E-state index contributed by atoms with van der Waals surface area (Å²) in [6.45, 7) is 0.0126. The van der Waals surface area contributed by atoms with Gasteiger partial charge in [-0.25, -0.2) is 13.6 Å². The Morgan fingerprint density at radius 3 is 2.52 bits per heavy atom. The molecule has 1 heterocycles. The summed E-state index contributed by atoms with van der Waals surface area (Å²) in [5, 5.41) is 17.7. The number of hydrogen-bond acceptors (Lipinski definition) is 4. The number of urea groups is 1. The number of nitrogens with one attached hydrogen (secondary N) is 3. The highest BCUT2D eigenvalue weighted by molar-refractivity contribution is 5.94. The molecule has 7 nitrogen and oxygen atoms in total. The lowest BCUT2D eigenvalue weighted by Crippen LogP contribution is -2.52. The molecule has 3 atom stereocenters. The van der Waals surface area contributed by atoms with Crippen molar-refractivity contribution in [2.45, 2.75) is 37.5 Å². The van der Waals surface area contributed by atoms with Crippen LogP contribution in [0.1, 0.15) is 29.6 Å². The molecule has 9 heteroatoms. The van der Waals surface area contributed by atoms with Crippen LogP contribution in [0.4, 0.5) is 19.3 Å². The van der Waals surface area contributed by atoms with Crippen LogP contribution in [0.5, 0.6) is 0 Å². The molecule has 0 bridgehead atoms. The third-order valence-corrected chi connectivity index (χ3v) is 5.08. The van der Waals surface area contributed by atoms with Crippen molar-refractivity contribution in [3.05, 3.63) is 65.7 Å². The predicted octanol–water partition coefficient (Wildman–Crippen LogP) is 2.81. The predicted molar refractivity (Wildman–Crippen MR) is 111 cm³/mol. The van der Waals surface area contributed by atoms with E-state index in [-0.39, 0.29) is 18.3 Å². The summed E-state index contributed by atoms with van der Waals surface area (Å²) in [5.41, 5.74) is 0.427. The van der Waals surface area contributed by atoms with Gasteiger partial charge in [0, 0.05) is 12.2 Å². The van der Waals surface area contributed by atoms with Crippen molar-refractivity contribution >= 4 is 17.6 Å². The molecule has 1 fully saturated rings. The molecule has 0 unspecified atom stereocenters. The first kappa shape index (κ1) is 22.6. The quantitative estimate of drug-likeness (QED) is 0.540. The number of carbonyl (C=O) groups excluding carboxylic acids is 2. The third kappa shape index (κ3) is 6.47. The number of anilines is 1. The molecular weight excluding hydrogens is 408 g/mol. The number of benzene rings is 2. The molecule has 2 aromatic rings. The Kier molecular flexibility index (Phi) is 7.91. The van der Waals surface area contributed by atoms with Gasteiger partial charge in [0.15, 0.2) is 0 Å². The first-order chi connectivity index (χ1) is 15.0. The van der Waals surface area contributed by atoms with Crippen LogP contribution >= 0.6 is 0 Å². The molecule has 4 N–H and O–H groups in total. The molecule has 1 aliphatic rings. The molecule has 0 spiro atoms. The Morgan fingerprint density at radius 1 is 1.06 bits per heavy atom. The molecule has 0 radical (unpaired) electrons. The van der Waals surface area contributed by atoms with Crippen LogP contribution in [0, 0.1) is 11.6 Å². The summed E-state index contributed by atoms with van der Waals surface area (Å²) in [6.07, 6.45) is 0.878. The minimum absolute atomic E-state index is 0.0169. The molecule has 2 aromatic carbocycles. The average Bonchev–Trinajstić information content (AvgIpc) is 2.76. The van der Waals surface area contributed by atoms with E-state index >= 15 is 0 Å². The van der Waals surface area contributed by atoms with Gasteiger partial charge in [-0.2, -0.15) is 0 Å². The molecule has 166 valence electrons. The second kappa shape index (κ2) is 10.8. The summed E-state index contributed by atoms with van der Waals surface area (Å²) in [5.74, 6) is -1.48. The van der Waals surface area contributed by atoms with Gasteiger partial charge in [0.2, 0.25) is 0 Å². The topological polar surface area (TPSA) is 99.7 Å². The average molecular weight is 433 g/mol. The Morgan fingerprint density at radius 2 is 1.81 bits per heavy atom. The van der Waals surface area contributed by atoms with E-state index in [1.54, 1.807) is 6.07 Å². The highest BCUT2D eigenvalue weighted by Gasteiger charge is 2.31.